The molecule has 34 heavy (non-hydrogen) atoms. The van der Waals surface area contributed by atoms with Gasteiger partial charge in [0.1, 0.15) is 6.54 Å². The van der Waals surface area contributed by atoms with Gasteiger partial charge >= 0.3 is 5.97 Å². The maximum absolute atomic E-state index is 13.6. The van der Waals surface area contributed by atoms with Crippen LogP contribution >= 0.6 is 15.9 Å². The number of para-hydroxylation sites is 1. The molecule has 0 saturated heterocycles. The largest absolute Gasteiger partial charge is 0.465 e. The van der Waals surface area contributed by atoms with Crippen molar-refractivity contribution in [3.63, 3.8) is 0 Å². The number of rotatable bonds is 6. The van der Waals surface area contributed by atoms with E-state index in [1.165, 1.54) is 30.0 Å². The summed E-state index contributed by atoms with van der Waals surface area (Å²) in [5, 5.41) is 0.540. The molecule has 0 bridgehead atoms. The van der Waals surface area contributed by atoms with E-state index in [-0.39, 0.29) is 10.5 Å². The quantitative estimate of drug-likeness (QED) is 0.320. The molecule has 0 radical (unpaired) electrons. The summed E-state index contributed by atoms with van der Waals surface area (Å²) in [5.74, 6) is -1.11. The maximum Gasteiger partial charge on any atom is 0.340 e. The van der Waals surface area contributed by atoms with Crippen LogP contribution in [-0.4, -0.2) is 38.5 Å². The number of methoxy groups -OCH3 is 1. The fourth-order valence-corrected chi connectivity index (χ4v) is 5.43. The SMILES string of the molecule is COC(=O)c1cn(C(=O)CN(c2cccc(Br)c2)S(=O)(=O)c2ccc(C)cc2)c2ccccc12. The zero-order chi connectivity index (χ0) is 24.5. The minimum absolute atomic E-state index is 0.0680. The molecule has 174 valence electrons. The van der Waals surface area contributed by atoms with Crippen molar-refractivity contribution in [3.05, 3.63) is 94.6 Å². The van der Waals surface area contributed by atoms with E-state index in [1.54, 1.807) is 60.7 Å². The number of benzene rings is 3. The molecule has 0 fully saturated rings. The Labute approximate surface area is 205 Å². The minimum atomic E-state index is -4.07. The van der Waals surface area contributed by atoms with Gasteiger partial charge in [-0.2, -0.15) is 0 Å². The van der Waals surface area contributed by atoms with Gasteiger partial charge in [0.2, 0.25) is 0 Å². The van der Waals surface area contributed by atoms with Crippen LogP contribution in [0.1, 0.15) is 20.7 Å². The predicted octanol–water partition coefficient (Wildman–Crippen LogP) is 5.03. The number of anilines is 1. The van der Waals surface area contributed by atoms with Gasteiger partial charge in [-0.15, -0.1) is 0 Å². The minimum Gasteiger partial charge on any atom is -0.465 e. The smallest absolute Gasteiger partial charge is 0.340 e. The third kappa shape index (κ3) is 4.49. The molecule has 0 aliphatic rings. The molecule has 0 unspecified atom stereocenters. The van der Waals surface area contributed by atoms with E-state index in [0.717, 1.165) is 9.87 Å². The van der Waals surface area contributed by atoms with Gasteiger partial charge in [-0.25, -0.2) is 13.2 Å². The Morgan fingerprint density at radius 2 is 1.71 bits per heavy atom. The number of carbonyl (C=O) groups excluding carboxylic acids is 2. The first-order valence-corrected chi connectivity index (χ1v) is 12.5. The van der Waals surface area contributed by atoms with Crippen molar-refractivity contribution in [2.45, 2.75) is 11.8 Å². The zero-order valence-corrected chi connectivity index (χ0v) is 20.8. The number of hydrogen-bond acceptors (Lipinski definition) is 5. The van der Waals surface area contributed by atoms with Crippen molar-refractivity contribution >= 4 is 54.4 Å². The summed E-state index contributed by atoms with van der Waals surface area (Å²) in [6.07, 6.45) is 1.39. The second kappa shape index (κ2) is 9.44. The average Bonchev–Trinajstić information content (AvgIpc) is 3.22. The van der Waals surface area contributed by atoms with Gasteiger partial charge in [-0.05, 0) is 43.3 Å². The summed E-state index contributed by atoms with van der Waals surface area (Å²) in [6, 6.07) is 20.0. The van der Waals surface area contributed by atoms with Gasteiger partial charge in [-0.3, -0.25) is 13.7 Å². The monoisotopic (exact) mass is 540 g/mol. The highest BCUT2D eigenvalue weighted by Gasteiger charge is 2.29. The van der Waals surface area contributed by atoms with E-state index in [0.29, 0.717) is 21.1 Å². The van der Waals surface area contributed by atoms with E-state index in [4.69, 9.17) is 4.74 Å². The molecule has 0 spiro atoms. The Bertz CT molecular complexity index is 1490. The third-order valence-corrected chi connectivity index (χ3v) is 7.65. The van der Waals surface area contributed by atoms with Crippen LogP contribution in [0.15, 0.2) is 88.4 Å². The summed E-state index contributed by atoms with van der Waals surface area (Å²) < 4.78 is 35.1. The first-order valence-electron chi connectivity index (χ1n) is 10.3. The molecule has 3 aromatic carbocycles. The van der Waals surface area contributed by atoms with Crippen LogP contribution in [0.2, 0.25) is 0 Å². The molecule has 0 aliphatic carbocycles. The molecule has 9 heteroatoms. The zero-order valence-electron chi connectivity index (χ0n) is 18.4. The molecule has 0 atom stereocenters. The number of aromatic nitrogens is 1. The Morgan fingerprint density at radius 3 is 2.38 bits per heavy atom. The summed E-state index contributed by atoms with van der Waals surface area (Å²) in [7, 11) is -2.81. The lowest BCUT2D eigenvalue weighted by Gasteiger charge is -2.24. The van der Waals surface area contributed by atoms with Crippen LogP contribution in [-0.2, 0) is 14.8 Å². The van der Waals surface area contributed by atoms with Gasteiger partial charge in [0.05, 0.1) is 28.8 Å². The average molecular weight is 541 g/mol. The van der Waals surface area contributed by atoms with E-state index >= 15 is 0 Å². The summed E-state index contributed by atoms with van der Waals surface area (Å²) in [5.41, 5.74) is 1.95. The summed E-state index contributed by atoms with van der Waals surface area (Å²) >= 11 is 3.37. The van der Waals surface area contributed by atoms with E-state index in [9.17, 15) is 18.0 Å². The van der Waals surface area contributed by atoms with Crippen LogP contribution in [0.4, 0.5) is 5.69 Å². The molecular formula is C25H21BrN2O5S. The normalized spacial score (nSPS) is 11.4. The fourth-order valence-electron chi connectivity index (χ4n) is 3.64. The molecule has 0 amide bonds. The number of nitrogens with zero attached hydrogens (tertiary/aromatic N) is 2. The van der Waals surface area contributed by atoms with Gasteiger partial charge < -0.3 is 4.74 Å². The fraction of sp³-hybridized carbons (Fsp3) is 0.120. The van der Waals surface area contributed by atoms with Gasteiger partial charge in [-0.1, -0.05) is 57.9 Å². The second-order valence-corrected chi connectivity index (χ2v) is 10.4. The topological polar surface area (TPSA) is 85.7 Å². The molecule has 4 aromatic rings. The van der Waals surface area contributed by atoms with Crippen LogP contribution in [0.5, 0.6) is 0 Å². The highest BCUT2D eigenvalue weighted by molar-refractivity contribution is 9.10. The lowest BCUT2D eigenvalue weighted by Crippen LogP contribution is -2.37. The van der Waals surface area contributed by atoms with E-state index < -0.39 is 28.4 Å². The number of esters is 1. The Morgan fingerprint density at radius 1 is 1.00 bits per heavy atom. The van der Waals surface area contributed by atoms with Crippen molar-refractivity contribution in [2.24, 2.45) is 0 Å². The number of aryl methyl sites for hydroxylation is 1. The number of ether oxygens (including phenoxy) is 1. The van der Waals surface area contributed by atoms with Gasteiger partial charge in [0, 0.05) is 16.1 Å². The van der Waals surface area contributed by atoms with Crippen molar-refractivity contribution in [1.82, 2.24) is 4.57 Å². The highest BCUT2D eigenvalue weighted by Crippen LogP contribution is 2.28. The maximum atomic E-state index is 13.6. The Balaban J connectivity index is 1.81. The molecule has 0 N–H and O–H groups in total. The predicted molar refractivity (Wildman–Crippen MR) is 134 cm³/mol. The van der Waals surface area contributed by atoms with E-state index in [1.807, 2.05) is 6.92 Å². The number of halogens is 1. The van der Waals surface area contributed by atoms with Gasteiger partial charge in [0.25, 0.3) is 15.9 Å². The van der Waals surface area contributed by atoms with Crippen molar-refractivity contribution in [2.75, 3.05) is 18.0 Å². The molecule has 0 saturated carbocycles. The Kier molecular flexibility index (Phi) is 6.58. The summed E-state index contributed by atoms with van der Waals surface area (Å²) in [6.45, 7) is 1.38. The first-order chi connectivity index (χ1) is 16.2. The van der Waals surface area contributed by atoms with Crippen molar-refractivity contribution in [1.29, 1.82) is 0 Å². The second-order valence-electron chi connectivity index (χ2n) is 7.62. The van der Waals surface area contributed by atoms with Crippen LogP contribution in [0.3, 0.4) is 0 Å². The number of carbonyl (C=O) groups is 2. The highest BCUT2D eigenvalue weighted by atomic mass is 79.9. The van der Waals surface area contributed by atoms with Crippen LogP contribution in [0, 0.1) is 6.92 Å². The molecule has 0 aliphatic heterocycles. The van der Waals surface area contributed by atoms with Crippen molar-refractivity contribution < 1.29 is 22.7 Å². The Hall–Kier alpha value is -3.43. The first kappa shape index (κ1) is 23.7. The summed E-state index contributed by atoms with van der Waals surface area (Å²) in [4.78, 5) is 25.8. The number of hydrogen-bond donors (Lipinski definition) is 0. The van der Waals surface area contributed by atoms with E-state index in [2.05, 4.69) is 15.9 Å². The molecular weight excluding hydrogens is 520 g/mol. The lowest BCUT2D eigenvalue weighted by molar-refractivity contribution is 0.0603. The van der Waals surface area contributed by atoms with Crippen LogP contribution < -0.4 is 4.31 Å². The standard InChI is InChI=1S/C25H21BrN2O5S/c1-17-10-12-20(13-11-17)34(31,32)28(19-7-5-6-18(26)14-19)16-24(29)27-15-22(25(30)33-2)21-8-3-4-9-23(21)27/h3-15H,16H2,1-2H3. The molecule has 1 aromatic heterocycles. The number of sulfonamides is 1. The molecule has 4 rings (SSSR count). The lowest BCUT2D eigenvalue weighted by atomic mass is 10.2. The third-order valence-electron chi connectivity index (χ3n) is 5.37. The van der Waals surface area contributed by atoms with Gasteiger partial charge in [0.15, 0.2) is 0 Å². The molecule has 7 nitrogen and oxygen atoms in total. The molecule has 1 heterocycles. The van der Waals surface area contributed by atoms with Crippen molar-refractivity contribution in [3.8, 4) is 0 Å². The van der Waals surface area contributed by atoms with Crippen LogP contribution in [0.25, 0.3) is 10.9 Å². The number of fused-ring (bicyclic) bond motifs is 1.